The second-order valence-corrected chi connectivity index (χ2v) is 4.13. The van der Waals surface area contributed by atoms with E-state index in [4.69, 9.17) is 14.2 Å². The molecule has 0 radical (unpaired) electrons. The maximum absolute atomic E-state index is 11.2. The number of carbonyl (C=O) groups is 1. The van der Waals surface area contributed by atoms with Crippen molar-refractivity contribution in [1.82, 2.24) is 0 Å². The third-order valence-electron chi connectivity index (χ3n) is 2.79. The number of hydrogen-bond donors (Lipinski definition) is 0. The number of Topliss-reactive ketones (excluding diaryl/α,β-unsaturated/α-hetero) is 1. The first-order valence-corrected chi connectivity index (χ1v) is 5.78. The molecule has 0 N–H and O–H groups in total. The van der Waals surface area contributed by atoms with Gasteiger partial charge in [-0.05, 0) is 43.2 Å². The molecule has 0 unspecified atom stereocenters. The number of carbonyl (C=O) groups excluding carboxylic acids is 1. The van der Waals surface area contributed by atoms with E-state index < -0.39 is 0 Å². The lowest BCUT2D eigenvalue weighted by Crippen LogP contribution is -2.16. The Labute approximate surface area is 106 Å². The highest BCUT2D eigenvalue weighted by molar-refractivity contribution is 5.97. The van der Waals surface area contributed by atoms with Gasteiger partial charge in [0.15, 0.2) is 17.3 Å². The third-order valence-corrected chi connectivity index (χ3v) is 2.79. The Bertz CT molecular complexity index is 486. The van der Waals surface area contributed by atoms with E-state index >= 15 is 0 Å². The quantitative estimate of drug-likeness (QED) is 0.771. The molecular weight excluding hydrogens is 232 g/mol. The van der Waals surface area contributed by atoms with Gasteiger partial charge >= 0.3 is 0 Å². The smallest absolute Gasteiger partial charge is 0.203 e. The summed E-state index contributed by atoms with van der Waals surface area (Å²) < 4.78 is 16.3. The largest absolute Gasteiger partial charge is 0.493 e. The van der Waals surface area contributed by atoms with Crippen molar-refractivity contribution < 1.29 is 19.0 Å². The molecule has 0 bridgehead atoms. The topological polar surface area (TPSA) is 44.8 Å². The summed E-state index contributed by atoms with van der Waals surface area (Å²) in [7, 11) is 1.58. The van der Waals surface area contributed by atoms with Crippen LogP contribution in [0.2, 0.25) is 0 Å². The molecule has 0 saturated heterocycles. The van der Waals surface area contributed by atoms with E-state index in [1.54, 1.807) is 21.0 Å². The van der Waals surface area contributed by atoms with Crippen molar-refractivity contribution in [3.05, 3.63) is 23.3 Å². The van der Waals surface area contributed by atoms with Crippen LogP contribution in [0.4, 0.5) is 0 Å². The van der Waals surface area contributed by atoms with Crippen LogP contribution in [0.15, 0.2) is 17.7 Å². The summed E-state index contributed by atoms with van der Waals surface area (Å²) in [5, 5.41) is 0. The Morgan fingerprint density at radius 3 is 2.67 bits per heavy atom. The predicted octanol–water partition coefficient (Wildman–Crippen LogP) is 2.46. The molecule has 0 atom stereocenters. The molecule has 0 amide bonds. The number of fused-ring (bicyclic) bond motifs is 1. The van der Waals surface area contributed by atoms with Crippen molar-refractivity contribution in [3.63, 3.8) is 0 Å². The molecule has 1 aliphatic rings. The zero-order valence-corrected chi connectivity index (χ0v) is 10.8. The minimum absolute atomic E-state index is 0.0452. The summed E-state index contributed by atoms with van der Waals surface area (Å²) in [6, 6.07) is 3.68. The van der Waals surface area contributed by atoms with Gasteiger partial charge in [0.2, 0.25) is 5.75 Å². The Morgan fingerprint density at radius 1 is 1.28 bits per heavy atom. The van der Waals surface area contributed by atoms with Gasteiger partial charge in [-0.15, -0.1) is 0 Å². The zero-order chi connectivity index (χ0) is 13.1. The number of allylic oxidation sites excluding steroid dienone is 1. The van der Waals surface area contributed by atoms with Crippen LogP contribution in [0.3, 0.4) is 0 Å². The number of methoxy groups -OCH3 is 1. The van der Waals surface area contributed by atoms with Crippen LogP contribution in [0.5, 0.6) is 17.2 Å². The van der Waals surface area contributed by atoms with Gasteiger partial charge in [0.05, 0.1) is 7.11 Å². The number of hydrogen-bond acceptors (Lipinski definition) is 4. The van der Waals surface area contributed by atoms with E-state index in [1.807, 2.05) is 18.2 Å². The molecular formula is C14H16O4. The number of ether oxygens (including phenoxy) is 3. The van der Waals surface area contributed by atoms with Gasteiger partial charge in [0, 0.05) is 0 Å². The van der Waals surface area contributed by atoms with Crippen LogP contribution in [0, 0.1) is 0 Å². The first-order valence-electron chi connectivity index (χ1n) is 5.78. The summed E-state index contributed by atoms with van der Waals surface area (Å²) in [6.45, 7) is 4.37. The molecule has 1 aromatic rings. The number of benzene rings is 1. The molecule has 0 saturated carbocycles. The van der Waals surface area contributed by atoms with Crippen LogP contribution in [0.25, 0.3) is 6.08 Å². The SMILES string of the molecule is COc1cc(/C=C(/C)C(C)=O)cc2c1OCCO2. The summed E-state index contributed by atoms with van der Waals surface area (Å²) in [6.07, 6.45) is 1.81. The minimum atomic E-state index is 0.0452. The lowest BCUT2D eigenvalue weighted by Gasteiger charge is -2.21. The molecule has 4 heteroatoms. The van der Waals surface area contributed by atoms with Gasteiger partial charge in [-0.2, -0.15) is 0 Å². The molecule has 1 aliphatic heterocycles. The second kappa shape index (κ2) is 5.12. The highest BCUT2D eigenvalue weighted by atomic mass is 16.6. The van der Waals surface area contributed by atoms with Crippen molar-refractivity contribution in [2.45, 2.75) is 13.8 Å². The lowest BCUT2D eigenvalue weighted by molar-refractivity contribution is -0.113. The molecule has 4 nitrogen and oxygen atoms in total. The van der Waals surface area contributed by atoms with Crippen LogP contribution < -0.4 is 14.2 Å². The monoisotopic (exact) mass is 248 g/mol. The molecule has 96 valence electrons. The van der Waals surface area contributed by atoms with E-state index in [1.165, 1.54) is 0 Å². The first-order chi connectivity index (χ1) is 8.61. The maximum atomic E-state index is 11.2. The zero-order valence-electron chi connectivity index (χ0n) is 10.8. The normalized spacial score (nSPS) is 14.3. The van der Waals surface area contributed by atoms with Crippen LogP contribution in [0.1, 0.15) is 19.4 Å². The fourth-order valence-electron chi connectivity index (χ4n) is 1.73. The highest BCUT2D eigenvalue weighted by Crippen LogP contribution is 2.40. The summed E-state index contributed by atoms with van der Waals surface area (Å²) in [5.41, 5.74) is 1.55. The molecule has 2 rings (SSSR count). The average Bonchev–Trinajstić information content (AvgIpc) is 2.37. The summed E-state index contributed by atoms with van der Waals surface area (Å²) >= 11 is 0. The number of ketones is 1. The molecule has 0 aromatic heterocycles. The molecule has 0 fully saturated rings. The van der Waals surface area contributed by atoms with Crippen molar-refractivity contribution in [2.24, 2.45) is 0 Å². The summed E-state index contributed by atoms with van der Waals surface area (Å²) in [4.78, 5) is 11.2. The predicted molar refractivity (Wildman–Crippen MR) is 68.3 cm³/mol. The molecule has 18 heavy (non-hydrogen) atoms. The van der Waals surface area contributed by atoms with Gasteiger partial charge < -0.3 is 14.2 Å². The van der Waals surface area contributed by atoms with Crippen molar-refractivity contribution in [2.75, 3.05) is 20.3 Å². The van der Waals surface area contributed by atoms with Crippen LogP contribution in [-0.2, 0) is 4.79 Å². The van der Waals surface area contributed by atoms with Gasteiger partial charge in [-0.25, -0.2) is 0 Å². The first kappa shape index (κ1) is 12.5. The number of rotatable bonds is 3. The fraction of sp³-hybridized carbons (Fsp3) is 0.357. The van der Waals surface area contributed by atoms with Crippen molar-refractivity contribution in [1.29, 1.82) is 0 Å². The Balaban J connectivity index is 2.44. The van der Waals surface area contributed by atoms with E-state index in [0.717, 1.165) is 5.56 Å². The van der Waals surface area contributed by atoms with Crippen LogP contribution in [-0.4, -0.2) is 26.1 Å². The second-order valence-electron chi connectivity index (χ2n) is 4.13. The average molecular weight is 248 g/mol. The molecule has 1 aromatic carbocycles. The standard InChI is InChI=1S/C14H16O4/c1-9(10(2)15)6-11-7-12(16-3)14-13(8-11)17-4-5-18-14/h6-8H,4-5H2,1-3H3/b9-6-. The summed E-state index contributed by atoms with van der Waals surface area (Å²) in [5.74, 6) is 1.95. The van der Waals surface area contributed by atoms with Gasteiger partial charge in [0.25, 0.3) is 0 Å². The van der Waals surface area contributed by atoms with Crippen molar-refractivity contribution in [3.8, 4) is 17.2 Å². The van der Waals surface area contributed by atoms with E-state index in [9.17, 15) is 4.79 Å². The highest BCUT2D eigenvalue weighted by Gasteiger charge is 2.17. The Kier molecular flexibility index (Phi) is 3.55. The van der Waals surface area contributed by atoms with Gasteiger partial charge in [0.1, 0.15) is 13.2 Å². The van der Waals surface area contributed by atoms with Crippen molar-refractivity contribution >= 4 is 11.9 Å². The molecule has 0 spiro atoms. The Morgan fingerprint density at radius 2 is 2.00 bits per heavy atom. The molecule has 0 aliphatic carbocycles. The Hall–Kier alpha value is -1.97. The van der Waals surface area contributed by atoms with Gasteiger partial charge in [-0.1, -0.05) is 0 Å². The van der Waals surface area contributed by atoms with E-state index in [0.29, 0.717) is 36.0 Å². The maximum Gasteiger partial charge on any atom is 0.203 e. The third kappa shape index (κ3) is 2.47. The van der Waals surface area contributed by atoms with Crippen LogP contribution >= 0.6 is 0 Å². The lowest BCUT2D eigenvalue weighted by atomic mass is 10.1. The van der Waals surface area contributed by atoms with E-state index in [2.05, 4.69) is 0 Å². The fourth-order valence-corrected chi connectivity index (χ4v) is 1.73. The van der Waals surface area contributed by atoms with E-state index in [-0.39, 0.29) is 5.78 Å². The van der Waals surface area contributed by atoms with Gasteiger partial charge in [-0.3, -0.25) is 4.79 Å². The minimum Gasteiger partial charge on any atom is -0.493 e. The molecule has 1 heterocycles.